The SMILES string of the molecule is O=C(Nc1cccc2c1OCCO2)c1ccc(F)cc1C(F)(F)F. The van der Waals surface area contributed by atoms with Crippen molar-refractivity contribution >= 4 is 11.6 Å². The molecule has 0 radical (unpaired) electrons. The van der Waals surface area contributed by atoms with Crippen LogP contribution < -0.4 is 14.8 Å². The molecule has 2 aromatic carbocycles. The second-order valence-electron chi connectivity index (χ2n) is 4.97. The van der Waals surface area contributed by atoms with Gasteiger partial charge in [0.05, 0.1) is 16.8 Å². The summed E-state index contributed by atoms with van der Waals surface area (Å²) < 4.78 is 62.9. The first-order chi connectivity index (χ1) is 11.4. The van der Waals surface area contributed by atoms with Gasteiger partial charge < -0.3 is 14.8 Å². The number of benzene rings is 2. The third-order valence-electron chi connectivity index (χ3n) is 3.35. The summed E-state index contributed by atoms with van der Waals surface area (Å²) in [6.07, 6.45) is -4.86. The first-order valence-corrected chi connectivity index (χ1v) is 6.93. The number of ether oxygens (including phenoxy) is 2. The van der Waals surface area contributed by atoms with Crippen molar-refractivity contribution in [2.45, 2.75) is 6.18 Å². The minimum absolute atomic E-state index is 0.176. The average Bonchev–Trinajstić information content (AvgIpc) is 2.54. The highest BCUT2D eigenvalue weighted by Gasteiger charge is 2.36. The van der Waals surface area contributed by atoms with Crippen molar-refractivity contribution in [3.05, 3.63) is 53.3 Å². The number of hydrogen-bond donors (Lipinski definition) is 1. The molecule has 24 heavy (non-hydrogen) atoms. The second-order valence-corrected chi connectivity index (χ2v) is 4.97. The molecule has 0 fully saturated rings. The van der Waals surface area contributed by atoms with Crippen LogP contribution >= 0.6 is 0 Å². The monoisotopic (exact) mass is 341 g/mol. The van der Waals surface area contributed by atoms with Gasteiger partial charge in [0, 0.05) is 0 Å². The van der Waals surface area contributed by atoms with Crippen LogP contribution in [0.2, 0.25) is 0 Å². The maximum absolute atomic E-state index is 13.1. The molecule has 0 bridgehead atoms. The Morgan fingerprint density at radius 1 is 1.08 bits per heavy atom. The highest BCUT2D eigenvalue weighted by atomic mass is 19.4. The number of nitrogens with one attached hydrogen (secondary N) is 1. The zero-order chi connectivity index (χ0) is 17.3. The summed E-state index contributed by atoms with van der Waals surface area (Å²) in [6, 6.07) is 6.53. The van der Waals surface area contributed by atoms with Gasteiger partial charge in [0.25, 0.3) is 5.91 Å². The van der Waals surface area contributed by atoms with Crippen molar-refractivity contribution in [2.24, 2.45) is 0 Å². The van der Waals surface area contributed by atoms with E-state index in [0.717, 1.165) is 12.1 Å². The molecule has 8 heteroatoms. The Balaban J connectivity index is 1.95. The topological polar surface area (TPSA) is 47.6 Å². The third kappa shape index (κ3) is 3.12. The van der Waals surface area contributed by atoms with E-state index in [-0.39, 0.29) is 24.1 Å². The van der Waals surface area contributed by atoms with Crippen LogP contribution in [0.1, 0.15) is 15.9 Å². The minimum atomic E-state index is -4.86. The van der Waals surface area contributed by atoms with E-state index in [0.29, 0.717) is 12.4 Å². The number of carbonyl (C=O) groups excluding carboxylic acids is 1. The largest absolute Gasteiger partial charge is 0.486 e. The molecule has 0 spiro atoms. The first-order valence-electron chi connectivity index (χ1n) is 6.93. The van der Waals surface area contributed by atoms with Gasteiger partial charge in [0.1, 0.15) is 19.0 Å². The van der Waals surface area contributed by atoms with Gasteiger partial charge in [-0.25, -0.2) is 4.39 Å². The van der Waals surface area contributed by atoms with Crippen molar-refractivity contribution < 1.29 is 31.8 Å². The van der Waals surface area contributed by atoms with Crippen LogP contribution in [-0.4, -0.2) is 19.1 Å². The lowest BCUT2D eigenvalue weighted by atomic mass is 10.1. The van der Waals surface area contributed by atoms with Crippen LogP contribution in [-0.2, 0) is 6.18 Å². The molecule has 126 valence electrons. The van der Waals surface area contributed by atoms with Gasteiger partial charge in [-0.15, -0.1) is 0 Å². The predicted octanol–water partition coefficient (Wildman–Crippen LogP) is 3.87. The van der Waals surface area contributed by atoms with Crippen molar-refractivity contribution in [1.82, 2.24) is 0 Å². The number of hydrogen-bond acceptors (Lipinski definition) is 3. The fourth-order valence-corrected chi connectivity index (χ4v) is 2.31. The highest BCUT2D eigenvalue weighted by molar-refractivity contribution is 6.06. The molecule has 1 aliphatic rings. The van der Waals surface area contributed by atoms with Crippen LogP contribution in [0.3, 0.4) is 0 Å². The molecule has 0 aromatic heterocycles. The van der Waals surface area contributed by atoms with Gasteiger partial charge in [0.2, 0.25) is 0 Å². The summed E-state index contributed by atoms with van der Waals surface area (Å²) in [4.78, 5) is 12.2. The molecule has 4 nitrogen and oxygen atoms in total. The summed E-state index contributed by atoms with van der Waals surface area (Å²) in [6.45, 7) is 0.588. The molecule has 3 rings (SSSR count). The first kappa shape index (κ1) is 16.1. The second kappa shape index (κ2) is 6.03. The molecule has 1 aliphatic heterocycles. The molecule has 1 N–H and O–H groups in total. The number of fused-ring (bicyclic) bond motifs is 1. The predicted molar refractivity (Wildman–Crippen MR) is 76.8 cm³/mol. The fraction of sp³-hybridized carbons (Fsp3) is 0.188. The van der Waals surface area contributed by atoms with E-state index < -0.39 is 29.0 Å². The number of rotatable bonds is 2. The lowest BCUT2D eigenvalue weighted by Crippen LogP contribution is -2.21. The van der Waals surface area contributed by atoms with Gasteiger partial charge in [-0.1, -0.05) is 6.07 Å². The van der Waals surface area contributed by atoms with Crippen molar-refractivity contribution in [3.63, 3.8) is 0 Å². The zero-order valence-corrected chi connectivity index (χ0v) is 12.1. The minimum Gasteiger partial charge on any atom is -0.486 e. The summed E-state index contributed by atoms with van der Waals surface area (Å²) >= 11 is 0. The Bertz CT molecular complexity index is 789. The molecule has 1 amide bonds. The van der Waals surface area contributed by atoms with Crippen LogP contribution in [0.15, 0.2) is 36.4 Å². The van der Waals surface area contributed by atoms with Gasteiger partial charge in [0.15, 0.2) is 11.5 Å². The van der Waals surface area contributed by atoms with Gasteiger partial charge >= 0.3 is 6.18 Å². The maximum Gasteiger partial charge on any atom is 0.417 e. The molecule has 0 aliphatic carbocycles. The number of amides is 1. The summed E-state index contributed by atoms with van der Waals surface area (Å²) in [5.74, 6) is -1.47. The summed E-state index contributed by atoms with van der Waals surface area (Å²) in [5, 5.41) is 2.35. The standard InChI is InChI=1S/C16H11F4NO3/c17-9-4-5-10(11(8-9)16(18,19)20)15(22)21-12-2-1-3-13-14(12)24-7-6-23-13/h1-5,8H,6-7H2,(H,21,22). The Labute approximate surface area is 134 Å². The van der Waals surface area contributed by atoms with Crippen LogP contribution in [0.25, 0.3) is 0 Å². The summed E-state index contributed by atoms with van der Waals surface area (Å²) in [7, 11) is 0. The zero-order valence-electron chi connectivity index (χ0n) is 12.1. The van der Waals surface area contributed by atoms with Crippen LogP contribution in [0.5, 0.6) is 11.5 Å². The molecular weight excluding hydrogens is 330 g/mol. The molecule has 1 heterocycles. The smallest absolute Gasteiger partial charge is 0.417 e. The molecule has 0 atom stereocenters. The quantitative estimate of drug-likeness (QED) is 0.844. The normalized spacial score (nSPS) is 13.5. The van der Waals surface area contributed by atoms with E-state index in [1.165, 1.54) is 6.07 Å². The molecule has 0 saturated carbocycles. The number of anilines is 1. The van der Waals surface area contributed by atoms with Crippen molar-refractivity contribution in [3.8, 4) is 11.5 Å². The Kier molecular flexibility index (Phi) is 4.04. The van der Waals surface area contributed by atoms with E-state index in [2.05, 4.69) is 5.32 Å². The molecule has 0 saturated heterocycles. The van der Waals surface area contributed by atoms with Gasteiger partial charge in [-0.05, 0) is 30.3 Å². The number of carbonyl (C=O) groups is 1. The number of para-hydroxylation sites is 1. The maximum atomic E-state index is 13.1. The van der Waals surface area contributed by atoms with E-state index in [9.17, 15) is 22.4 Å². The van der Waals surface area contributed by atoms with Crippen molar-refractivity contribution in [2.75, 3.05) is 18.5 Å². The highest BCUT2D eigenvalue weighted by Crippen LogP contribution is 2.38. The van der Waals surface area contributed by atoms with Crippen LogP contribution in [0.4, 0.5) is 23.2 Å². The Hall–Kier alpha value is -2.77. The van der Waals surface area contributed by atoms with E-state index >= 15 is 0 Å². The fourth-order valence-electron chi connectivity index (χ4n) is 2.31. The Morgan fingerprint density at radius 2 is 1.83 bits per heavy atom. The molecular formula is C16H11F4NO3. The summed E-state index contributed by atoms with van der Waals surface area (Å²) in [5.41, 5.74) is -1.85. The van der Waals surface area contributed by atoms with E-state index in [1.807, 2.05) is 0 Å². The third-order valence-corrected chi connectivity index (χ3v) is 3.35. The van der Waals surface area contributed by atoms with E-state index in [4.69, 9.17) is 9.47 Å². The lowest BCUT2D eigenvalue weighted by molar-refractivity contribution is -0.138. The van der Waals surface area contributed by atoms with Gasteiger partial charge in [-0.2, -0.15) is 13.2 Å². The molecule has 0 unspecified atom stereocenters. The van der Waals surface area contributed by atoms with Crippen LogP contribution in [0, 0.1) is 5.82 Å². The van der Waals surface area contributed by atoms with Crippen molar-refractivity contribution in [1.29, 1.82) is 0 Å². The number of alkyl halides is 3. The van der Waals surface area contributed by atoms with E-state index in [1.54, 1.807) is 12.1 Å². The van der Waals surface area contributed by atoms with Gasteiger partial charge in [-0.3, -0.25) is 4.79 Å². The average molecular weight is 341 g/mol. The molecule has 2 aromatic rings. The number of halogens is 4. The lowest BCUT2D eigenvalue weighted by Gasteiger charge is -2.21. The Morgan fingerprint density at radius 3 is 2.58 bits per heavy atom.